The first-order chi connectivity index (χ1) is 7.82. The van der Waals surface area contributed by atoms with E-state index < -0.39 is 0 Å². The fourth-order valence-electron chi connectivity index (χ4n) is 6.12. The van der Waals surface area contributed by atoms with Gasteiger partial charge in [-0.3, -0.25) is 4.99 Å². The second-order valence-corrected chi connectivity index (χ2v) is 7.87. The highest BCUT2D eigenvalue weighted by molar-refractivity contribution is 5.75. The smallest absolute Gasteiger partial charge is 0.185 e. The minimum Gasteiger partial charge on any atom is -0.370 e. The maximum Gasteiger partial charge on any atom is 0.185 e. The number of hydrogen-bond acceptors (Lipinski definition) is 1. The molecule has 3 heteroatoms. The molecule has 0 radical (unpaired) electrons. The fourth-order valence-corrected chi connectivity index (χ4v) is 6.12. The van der Waals surface area contributed by atoms with E-state index in [2.05, 4.69) is 18.8 Å². The molecule has 0 aromatic carbocycles. The van der Waals surface area contributed by atoms with Gasteiger partial charge in [0.15, 0.2) is 5.96 Å². The molecule has 4 N–H and O–H groups in total. The zero-order valence-corrected chi connectivity index (χ0v) is 11.1. The first-order valence-corrected chi connectivity index (χ1v) is 6.88. The van der Waals surface area contributed by atoms with Crippen LogP contribution < -0.4 is 11.5 Å². The van der Waals surface area contributed by atoms with Gasteiger partial charge in [0.05, 0.1) is 0 Å². The molecule has 4 aliphatic carbocycles. The van der Waals surface area contributed by atoms with Crippen LogP contribution in [-0.4, -0.2) is 12.5 Å². The quantitative estimate of drug-likeness (QED) is 0.569. The molecule has 4 rings (SSSR count). The number of aliphatic imine (C=N–C) groups is 1. The van der Waals surface area contributed by atoms with Gasteiger partial charge < -0.3 is 11.5 Å². The molecule has 0 aromatic rings. The van der Waals surface area contributed by atoms with Gasteiger partial charge in [-0.1, -0.05) is 13.8 Å². The predicted octanol–water partition coefficient (Wildman–Crippen LogP) is 2.26. The monoisotopic (exact) mass is 235 g/mol. The molecule has 4 aliphatic rings. The number of nitrogens with zero attached hydrogens (tertiary/aromatic N) is 1. The van der Waals surface area contributed by atoms with Crippen LogP contribution in [0.25, 0.3) is 0 Å². The van der Waals surface area contributed by atoms with Crippen LogP contribution in [0.3, 0.4) is 0 Å². The summed E-state index contributed by atoms with van der Waals surface area (Å²) in [5.74, 6) is 1.19. The average molecular weight is 235 g/mol. The van der Waals surface area contributed by atoms with E-state index >= 15 is 0 Å². The molecule has 0 aromatic heterocycles. The zero-order chi connectivity index (χ0) is 12.3. The maximum atomic E-state index is 5.52. The van der Waals surface area contributed by atoms with E-state index in [1.54, 1.807) is 0 Å². The molecule has 4 bridgehead atoms. The van der Waals surface area contributed by atoms with E-state index in [4.69, 9.17) is 11.5 Å². The summed E-state index contributed by atoms with van der Waals surface area (Å²) in [6.45, 7) is 5.83. The number of rotatable bonds is 2. The van der Waals surface area contributed by atoms with Crippen molar-refractivity contribution in [2.75, 3.05) is 6.54 Å². The zero-order valence-electron chi connectivity index (χ0n) is 11.1. The van der Waals surface area contributed by atoms with Gasteiger partial charge in [-0.2, -0.15) is 0 Å². The second-order valence-electron chi connectivity index (χ2n) is 7.87. The van der Waals surface area contributed by atoms with E-state index in [1.807, 2.05) is 0 Å². The van der Waals surface area contributed by atoms with Crippen LogP contribution in [0, 0.1) is 22.2 Å². The van der Waals surface area contributed by atoms with Crippen molar-refractivity contribution in [1.82, 2.24) is 0 Å². The van der Waals surface area contributed by atoms with Crippen LogP contribution in [0.1, 0.15) is 52.4 Å². The Morgan fingerprint density at radius 3 is 2.12 bits per heavy atom. The van der Waals surface area contributed by atoms with Gasteiger partial charge in [0.2, 0.25) is 0 Å². The Labute approximate surface area is 104 Å². The van der Waals surface area contributed by atoms with Gasteiger partial charge in [0.25, 0.3) is 0 Å². The van der Waals surface area contributed by atoms with Crippen molar-refractivity contribution < 1.29 is 0 Å². The van der Waals surface area contributed by atoms with Crippen molar-refractivity contribution in [3.05, 3.63) is 0 Å². The van der Waals surface area contributed by atoms with Gasteiger partial charge in [-0.05, 0) is 60.7 Å². The van der Waals surface area contributed by atoms with Gasteiger partial charge in [-0.15, -0.1) is 0 Å². The van der Waals surface area contributed by atoms with Gasteiger partial charge >= 0.3 is 0 Å². The van der Waals surface area contributed by atoms with Crippen molar-refractivity contribution in [2.45, 2.75) is 52.4 Å². The first-order valence-electron chi connectivity index (χ1n) is 6.88. The number of nitrogens with two attached hydrogens (primary N) is 2. The summed E-state index contributed by atoms with van der Waals surface area (Å²) in [6, 6.07) is 0. The van der Waals surface area contributed by atoms with E-state index in [0.29, 0.717) is 16.2 Å². The van der Waals surface area contributed by atoms with Crippen LogP contribution in [0.15, 0.2) is 4.99 Å². The lowest BCUT2D eigenvalue weighted by atomic mass is 9.40. The van der Waals surface area contributed by atoms with Crippen molar-refractivity contribution in [3.63, 3.8) is 0 Å². The lowest BCUT2D eigenvalue weighted by molar-refractivity contribution is -0.140. The predicted molar refractivity (Wildman–Crippen MR) is 70.5 cm³/mol. The minimum absolute atomic E-state index is 0.260. The van der Waals surface area contributed by atoms with Crippen molar-refractivity contribution in [2.24, 2.45) is 38.6 Å². The third-order valence-electron chi connectivity index (χ3n) is 5.34. The van der Waals surface area contributed by atoms with E-state index in [0.717, 1.165) is 12.5 Å². The SMILES string of the molecule is C[C@@]12CC3CC(CN=C(N)N)(C1)C[C@@](C)(C3)C2. The third kappa shape index (κ3) is 1.84. The Bertz CT molecular complexity index is 352. The van der Waals surface area contributed by atoms with E-state index in [1.165, 1.54) is 38.5 Å². The Kier molecular flexibility index (Phi) is 2.13. The molecule has 4 fully saturated rings. The lowest BCUT2D eigenvalue weighted by Gasteiger charge is -2.65. The lowest BCUT2D eigenvalue weighted by Crippen LogP contribution is -2.56. The third-order valence-corrected chi connectivity index (χ3v) is 5.34. The van der Waals surface area contributed by atoms with Gasteiger partial charge in [0.1, 0.15) is 0 Å². The number of guanidine groups is 1. The molecular formula is C14H25N3. The summed E-state index contributed by atoms with van der Waals surface area (Å²) < 4.78 is 0. The van der Waals surface area contributed by atoms with Crippen molar-refractivity contribution in [3.8, 4) is 0 Å². The standard InChI is InChI=1S/C14H25N3/c1-12-3-10-4-13(2,6-12)8-14(5-10,7-12)9-17-11(15)16/h10H,3-9H2,1-2H3,(H4,15,16,17)/t10?,12-,13-,14?/m0/s1. The summed E-state index contributed by atoms with van der Waals surface area (Å²) in [6.07, 6.45) is 8.32. The summed E-state index contributed by atoms with van der Waals surface area (Å²) in [5.41, 5.74) is 12.6. The number of hydrogen-bond donors (Lipinski definition) is 2. The Hall–Kier alpha value is -0.730. The normalized spacial score (nSPS) is 51.5. The second kappa shape index (κ2) is 3.18. The molecule has 17 heavy (non-hydrogen) atoms. The van der Waals surface area contributed by atoms with Crippen LogP contribution in [0.2, 0.25) is 0 Å². The van der Waals surface area contributed by atoms with E-state index in [-0.39, 0.29) is 5.96 Å². The van der Waals surface area contributed by atoms with Gasteiger partial charge in [-0.25, -0.2) is 0 Å². The summed E-state index contributed by atoms with van der Waals surface area (Å²) in [4.78, 5) is 4.35. The Morgan fingerprint density at radius 1 is 1.06 bits per heavy atom. The molecular weight excluding hydrogens is 210 g/mol. The molecule has 0 heterocycles. The van der Waals surface area contributed by atoms with Crippen molar-refractivity contribution >= 4 is 5.96 Å². The Morgan fingerprint density at radius 2 is 1.65 bits per heavy atom. The fraction of sp³-hybridized carbons (Fsp3) is 0.929. The van der Waals surface area contributed by atoms with Crippen LogP contribution >= 0.6 is 0 Å². The summed E-state index contributed by atoms with van der Waals surface area (Å²) in [5, 5.41) is 0. The van der Waals surface area contributed by atoms with Crippen LogP contribution in [0.5, 0.6) is 0 Å². The van der Waals surface area contributed by atoms with Crippen LogP contribution in [0.4, 0.5) is 0 Å². The highest BCUT2D eigenvalue weighted by atomic mass is 15.0. The molecule has 0 spiro atoms. The van der Waals surface area contributed by atoms with Crippen LogP contribution in [-0.2, 0) is 0 Å². The van der Waals surface area contributed by atoms with Gasteiger partial charge in [0, 0.05) is 6.54 Å². The Balaban J connectivity index is 1.89. The topological polar surface area (TPSA) is 64.4 Å². The summed E-state index contributed by atoms with van der Waals surface area (Å²) >= 11 is 0. The first kappa shape index (κ1) is 11.4. The van der Waals surface area contributed by atoms with Crippen molar-refractivity contribution in [1.29, 1.82) is 0 Å². The average Bonchev–Trinajstić information content (AvgIpc) is 2.08. The molecule has 0 aliphatic heterocycles. The molecule has 0 unspecified atom stereocenters. The molecule has 0 amide bonds. The minimum atomic E-state index is 0.260. The highest BCUT2D eigenvalue weighted by Crippen LogP contribution is 2.69. The largest absolute Gasteiger partial charge is 0.370 e. The summed E-state index contributed by atoms with van der Waals surface area (Å²) in [7, 11) is 0. The molecule has 3 nitrogen and oxygen atoms in total. The molecule has 2 atom stereocenters. The highest BCUT2D eigenvalue weighted by Gasteiger charge is 2.59. The molecule has 0 saturated heterocycles. The molecule has 4 saturated carbocycles. The maximum absolute atomic E-state index is 5.52. The molecule has 96 valence electrons. The van der Waals surface area contributed by atoms with E-state index in [9.17, 15) is 0 Å².